The summed E-state index contributed by atoms with van der Waals surface area (Å²) in [6.07, 6.45) is 2.67. The predicted octanol–water partition coefficient (Wildman–Crippen LogP) is 2.42. The molecule has 1 aliphatic rings. The Hall–Kier alpha value is -1.79. The summed E-state index contributed by atoms with van der Waals surface area (Å²) in [5.74, 6) is 2.20. The first-order chi connectivity index (χ1) is 12.5. The summed E-state index contributed by atoms with van der Waals surface area (Å²) in [5, 5.41) is 3.02. The Bertz CT molecular complexity index is 577. The van der Waals surface area contributed by atoms with Crippen LogP contribution in [0, 0.1) is 5.92 Å². The number of hydrazine groups is 1. The van der Waals surface area contributed by atoms with Crippen LogP contribution in [0.5, 0.6) is 11.5 Å². The minimum absolute atomic E-state index is 0.0553. The lowest BCUT2D eigenvalue weighted by molar-refractivity contribution is -0.122. The summed E-state index contributed by atoms with van der Waals surface area (Å²) >= 11 is 0. The van der Waals surface area contributed by atoms with E-state index in [1.165, 1.54) is 0 Å². The van der Waals surface area contributed by atoms with Crippen LogP contribution in [0.4, 0.5) is 0 Å². The predicted molar refractivity (Wildman–Crippen MR) is 103 cm³/mol. The summed E-state index contributed by atoms with van der Waals surface area (Å²) in [5.41, 5.74) is 7.45. The summed E-state index contributed by atoms with van der Waals surface area (Å²) in [7, 11) is 0. The van der Waals surface area contributed by atoms with E-state index in [0.29, 0.717) is 31.7 Å². The van der Waals surface area contributed by atoms with Crippen LogP contribution < -0.4 is 25.6 Å². The van der Waals surface area contributed by atoms with Gasteiger partial charge in [0.1, 0.15) is 6.04 Å². The van der Waals surface area contributed by atoms with E-state index in [0.717, 1.165) is 36.3 Å². The van der Waals surface area contributed by atoms with Gasteiger partial charge in [-0.05, 0) is 56.7 Å². The monoisotopic (exact) mass is 363 g/mol. The van der Waals surface area contributed by atoms with Gasteiger partial charge in [-0.3, -0.25) is 10.2 Å². The number of hydrogen-bond acceptors (Lipinski definition) is 5. The molecule has 26 heavy (non-hydrogen) atoms. The molecule has 1 saturated heterocycles. The van der Waals surface area contributed by atoms with Gasteiger partial charge in [-0.1, -0.05) is 19.9 Å². The Morgan fingerprint density at radius 2 is 1.92 bits per heavy atom. The van der Waals surface area contributed by atoms with Gasteiger partial charge >= 0.3 is 0 Å². The first-order valence-electron chi connectivity index (χ1n) is 9.70. The highest BCUT2D eigenvalue weighted by Gasteiger charge is 2.29. The molecule has 6 nitrogen and oxygen atoms in total. The molecule has 0 spiro atoms. The van der Waals surface area contributed by atoms with Crippen molar-refractivity contribution in [3.63, 3.8) is 0 Å². The molecular formula is C20H33N3O3. The summed E-state index contributed by atoms with van der Waals surface area (Å²) in [4.78, 5) is 12.3. The standard InChI is InChI=1S/C20H33N3O3/c1-5-25-18-8-7-15(12-19(18)26-6-2)9-10-21-20(24)17-13-16(22-23-17)11-14(3)4/h7-8,12,14,16-17,22-23H,5-6,9-11,13H2,1-4H3,(H,21,24). The fourth-order valence-corrected chi connectivity index (χ4v) is 3.22. The SMILES string of the molecule is CCOc1ccc(CCNC(=O)C2CC(CC(C)C)NN2)cc1OCC. The Kier molecular flexibility index (Phi) is 8.19. The zero-order valence-corrected chi connectivity index (χ0v) is 16.4. The average Bonchev–Trinajstić information content (AvgIpc) is 3.05. The number of nitrogens with one attached hydrogen (secondary N) is 3. The number of hydrogen-bond donors (Lipinski definition) is 3. The van der Waals surface area contributed by atoms with Crippen molar-refractivity contribution in [3.8, 4) is 11.5 Å². The van der Waals surface area contributed by atoms with Crippen LogP contribution >= 0.6 is 0 Å². The van der Waals surface area contributed by atoms with E-state index >= 15 is 0 Å². The van der Waals surface area contributed by atoms with E-state index < -0.39 is 0 Å². The number of rotatable bonds is 10. The van der Waals surface area contributed by atoms with Crippen molar-refractivity contribution in [3.05, 3.63) is 23.8 Å². The minimum Gasteiger partial charge on any atom is -0.490 e. The smallest absolute Gasteiger partial charge is 0.238 e. The maximum Gasteiger partial charge on any atom is 0.238 e. The quantitative estimate of drug-likeness (QED) is 0.595. The Balaban J connectivity index is 1.80. The number of ether oxygens (including phenoxy) is 2. The molecule has 146 valence electrons. The third-order valence-electron chi connectivity index (χ3n) is 4.38. The molecule has 1 aromatic rings. The van der Waals surface area contributed by atoms with E-state index in [4.69, 9.17) is 9.47 Å². The topological polar surface area (TPSA) is 71.6 Å². The molecule has 6 heteroatoms. The van der Waals surface area contributed by atoms with Crippen molar-refractivity contribution in [1.82, 2.24) is 16.2 Å². The maximum atomic E-state index is 12.3. The molecule has 2 rings (SSSR count). The lowest BCUT2D eigenvalue weighted by atomic mass is 10.00. The van der Waals surface area contributed by atoms with Crippen LogP contribution in [-0.4, -0.2) is 37.7 Å². The van der Waals surface area contributed by atoms with Gasteiger partial charge in [0.15, 0.2) is 11.5 Å². The molecule has 3 N–H and O–H groups in total. The molecular weight excluding hydrogens is 330 g/mol. The van der Waals surface area contributed by atoms with Gasteiger partial charge in [0, 0.05) is 12.6 Å². The second-order valence-corrected chi connectivity index (χ2v) is 7.09. The summed E-state index contributed by atoms with van der Waals surface area (Å²) in [6, 6.07) is 6.16. The number of benzene rings is 1. The second-order valence-electron chi connectivity index (χ2n) is 7.09. The van der Waals surface area contributed by atoms with Gasteiger partial charge in [0.25, 0.3) is 0 Å². The molecule has 1 fully saturated rings. The largest absolute Gasteiger partial charge is 0.490 e. The molecule has 0 radical (unpaired) electrons. The van der Waals surface area contributed by atoms with Gasteiger partial charge < -0.3 is 14.8 Å². The molecule has 0 bridgehead atoms. The van der Waals surface area contributed by atoms with Gasteiger partial charge in [0.2, 0.25) is 5.91 Å². The zero-order chi connectivity index (χ0) is 18.9. The Morgan fingerprint density at radius 3 is 2.62 bits per heavy atom. The molecule has 1 heterocycles. The van der Waals surface area contributed by atoms with Crippen molar-refractivity contribution in [2.75, 3.05) is 19.8 Å². The third-order valence-corrected chi connectivity index (χ3v) is 4.38. The third kappa shape index (κ3) is 6.18. The minimum atomic E-state index is -0.155. The van der Waals surface area contributed by atoms with Crippen molar-refractivity contribution in [1.29, 1.82) is 0 Å². The first-order valence-corrected chi connectivity index (χ1v) is 9.70. The molecule has 2 unspecified atom stereocenters. The zero-order valence-electron chi connectivity index (χ0n) is 16.4. The van der Waals surface area contributed by atoms with Gasteiger partial charge in [-0.25, -0.2) is 5.43 Å². The lowest BCUT2D eigenvalue weighted by Gasteiger charge is -2.13. The molecule has 0 aromatic heterocycles. The fraction of sp³-hybridized carbons (Fsp3) is 0.650. The van der Waals surface area contributed by atoms with Gasteiger partial charge in [-0.15, -0.1) is 0 Å². The summed E-state index contributed by atoms with van der Waals surface area (Å²) < 4.78 is 11.2. The molecule has 1 aliphatic heterocycles. The lowest BCUT2D eigenvalue weighted by Crippen LogP contribution is -2.44. The molecule has 1 aromatic carbocycles. The highest BCUT2D eigenvalue weighted by Crippen LogP contribution is 2.28. The van der Waals surface area contributed by atoms with E-state index in [1.54, 1.807) is 0 Å². The average molecular weight is 364 g/mol. The molecule has 1 amide bonds. The molecule has 0 aliphatic carbocycles. The highest BCUT2D eigenvalue weighted by atomic mass is 16.5. The van der Waals surface area contributed by atoms with Gasteiger partial charge in [0.05, 0.1) is 13.2 Å². The number of carbonyl (C=O) groups is 1. The van der Waals surface area contributed by atoms with Crippen molar-refractivity contribution in [2.24, 2.45) is 5.92 Å². The molecule has 2 atom stereocenters. The van der Waals surface area contributed by atoms with E-state index in [2.05, 4.69) is 30.0 Å². The van der Waals surface area contributed by atoms with Crippen LogP contribution in [0.25, 0.3) is 0 Å². The number of carbonyl (C=O) groups excluding carboxylic acids is 1. The van der Waals surface area contributed by atoms with Crippen LogP contribution in [0.1, 0.15) is 46.1 Å². The van der Waals surface area contributed by atoms with Crippen LogP contribution in [0.3, 0.4) is 0 Å². The van der Waals surface area contributed by atoms with E-state index in [9.17, 15) is 4.79 Å². The maximum absolute atomic E-state index is 12.3. The van der Waals surface area contributed by atoms with Crippen molar-refractivity contribution < 1.29 is 14.3 Å². The van der Waals surface area contributed by atoms with E-state index in [-0.39, 0.29) is 11.9 Å². The van der Waals surface area contributed by atoms with Crippen molar-refractivity contribution in [2.45, 2.75) is 59.0 Å². The van der Waals surface area contributed by atoms with Crippen molar-refractivity contribution >= 4 is 5.91 Å². The van der Waals surface area contributed by atoms with Crippen LogP contribution in [0.2, 0.25) is 0 Å². The Morgan fingerprint density at radius 1 is 1.19 bits per heavy atom. The Labute approximate surface area is 157 Å². The first kappa shape index (κ1) is 20.5. The van der Waals surface area contributed by atoms with Gasteiger partial charge in [-0.2, -0.15) is 0 Å². The molecule has 0 saturated carbocycles. The summed E-state index contributed by atoms with van der Waals surface area (Å²) in [6.45, 7) is 10.1. The van der Waals surface area contributed by atoms with Crippen LogP contribution in [0.15, 0.2) is 18.2 Å². The highest BCUT2D eigenvalue weighted by molar-refractivity contribution is 5.82. The van der Waals surface area contributed by atoms with E-state index in [1.807, 2.05) is 32.0 Å². The number of amides is 1. The van der Waals surface area contributed by atoms with Crippen LogP contribution in [-0.2, 0) is 11.2 Å². The second kappa shape index (κ2) is 10.4. The fourth-order valence-electron chi connectivity index (χ4n) is 3.22. The normalized spacial score (nSPS) is 19.6.